The van der Waals surface area contributed by atoms with Gasteiger partial charge in [-0.25, -0.2) is 9.97 Å². The third-order valence-corrected chi connectivity index (χ3v) is 4.29. The van der Waals surface area contributed by atoms with E-state index < -0.39 is 0 Å². The molecule has 6 heteroatoms. The normalized spacial score (nSPS) is 13.6. The Labute approximate surface area is 148 Å². The van der Waals surface area contributed by atoms with Gasteiger partial charge in [0.1, 0.15) is 5.69 Å². The number of rotatable bonds is 6. The van der Waals surface area contributed by atoms with E-state index in [4.69, 9.17) is 0 Å². The first kappa shape index (κ1) is 17.4. The van der Waals surface area contributed by atoms with Crippen molar-refractivity contribution in [3.05, 3.63) is 47.8 Å². The zero-order chi connectivity index (χ0) is 17.6. The molecule has 0 bridgehead atoms. The molecule has 1 aliphatic heterocycles. The Hall–Kier alpha value is -2.47. The van der Waals surface area contributed by atoms with Crippen molar-refractivity contribution >= 4 is 17.5 Å². The lowest BCUT2D eigenvalue weighted by Gasteiger charge is -2.29. The molecule has 6 nitrogen and oxygen atoms in total. The van der Waals surface area contributed by atoms with E-state index in [2.05, 4.69) is 43.3 Å². The number of nitrogens with zero attached hydrogens (tertiary/aromatic N) is 4. The van der Waals surface area contributed by atoms with Crippen molar-refractivity contribution in [2.45, 2.75) is 19.3 Å². The molecule has 132 valence electrons. The van der Waals surface area contributed by atoms with Crippen LogP contribution < -0.4 is 10.2 Å². The maximum Gasteiger partial charge on any atom is 0.270 e. The second kappa shape index (κ2) is 8.07. The van der Waals surface area contributed by atoms with Gasteiger partial charge in [0.2, 0.25) is 5.95 Å². The molecule has 0 spiro atoms. The van der Waals surface area contributed by atoms with Crippen LogP contribution in [-0.4, -0.2) is 54.5 Å². The fraction of sp³-hybridized carbons (Fsp3) is 0.421. The van der Waals surface area contributed by atoms with Gasteiger partial charge in [0.15, 0.2) is 0 Å². The van der Waals surface area contributed by atoms with Gasteiger partial charge in [-0.15, -0.1) is 0 Å². The number of carbonyl (C=O) groups is 1. The maximum absolute atomic E-state index is 12.3. The van der Waals surface area contributed by atoms with Gasteiger partial charge in [-0.05, 0) is 57.6 Å². The van der Waals surface area contributed by atoms with E-state index in [0.29, 0.717) is 18.2 Å². The summed E-state index contributed by atoms with van der Waals surface area (Å²) in [5.41, 5.74) is 2.85. The van der Waals surface area contributed by atoms with Crippen LogP contribution in [0.25, 0.3) is 0 Å². The van der Waals surface area contributed by atoms with Crippen LogP contribution in [0.3, 0.4) is 0 Å². The smallest absolute Gasteiger partial charge is 0.270 e. The molecule has 0 fully saturated rings. The van der Waals surface area contributed by atoms with E-state index in [1.807, 2.05) is 20.2 Å². The molecule has 0 saturated heterocycles. The van der Waals surface area contributed by atoms with Crippen molar-refractivity contribution < 1.29 is 4.79 Å². The first-order chi connectivity index (χ1) is 12.1. The average molecular weight is 339 g/mol. The molecule has 1 amide bonds. The molecular weight excluding hydrogens is 314 g/mol. The second-order valence-corrected chi connectivity index (χ2v) is 6.54. The minimum Gasteiger partial charge on any atom is -0.351 e. The number of nitrogens with one attached hydrogen (secondary N) is 1. The number of aromatic nitrogens is 2. The largest absolute Gasteiger partial charge is 0.351 e. The van der Waals surface area contributed by atoms with Crippen LogP contribution in [0.4, 0.5) is 11.6 Å². The van der Waals surface area contributed by atoms with Gasteiger partial charge in [0.05, 0.1) is 0 Å². The summed E-state index contributed by atoms with van der Waals surface area (Å²) in [5.74, 6) is 0.445. The fourth-order valence-electron chi connectivity index (χ4n) is 3.03. The van der Waals surface area contributed by atoms with Crippen LogP contribution >= 0.6 is 0 Å². The molecule has 0 radical (unpaired) electrons. The highest BCUT2D eigenvalue weighted by molar-refractivity contribution is 5.92. The zero-order valence-corrected chi connectivity index (χ0v) is 14.9. The molecule has 3 rings (SSSR count). The Morgan fingerprint density at radius 3 is 2.96 bits per heavy atom. The van der Waals surface area contributed by atoms with E-state index >= 15 is 0 Å². The summed E-state index contributed by atoms with van der Waals surface area (Å²) in [4.78, 5) is 25.4. The summed E-state index contributed by atoms with van der Waals surface area (Å²) in [6.07, 6.45) is 4.70. The summed E-state index contributed by atoms with van der Waals surface area (Å²) in [6.45, 7) is 2.45. The van der Waals surface area contributed by atoms with Gasteiger partial charge in [0.25, 0.3) is 5.91 Å². The maximum atomic E-state index is 12.3. The van der Waals surface area contributed by atoms with Crippen LogP contribution in [0.2, 0.25) is 0 Å². The van der Waals surface area contributed by atoms with Crippen molar-refractivity contribution in [3.63, 3.8) is 0 Å². The van der Waals surface area contributed by atoms with E-state index in [1.165, 1.54) is 5.56 Å². The molecule has 0 unspecified atom stereocenters. The summed E-state index contributed by atoms with van der Waals surface area (Å²) >= 11 is 0. The van der Waals surface area contributed by atoms with Gasteiger partial charge in [-0.2, -0.15) is 0 Å². The monoisotopic (exact) mass is 339 g/mol. The van der Waals surface area contributed by atoms with Crippen molar-refractivity contribution in [2.75, 3.05) is 38.6 Å². The Morgan fingerprint density at radius 1 is 1.28 bits per heavy atom. The van der Waals surface area contributed by atoms with Crippen LogP contribution in [0.1, 0.15) is 28.9 Å². The van der Waals surface area contributed by atoms with Crippen LogP contribution in [0.15, 0.2) is 36.5 Å². The summed E-state index contributed by atoms with van der Waals surface area (Å²) < 4.78 is 0. The molecule has 2 heterocycles. The Bertz CT molecular complexity index is 731. The fourth-order valence-corrected chi connectivity index (χ4v) is 3.03. The van der Waals surface area contributed by atoms with Crippen LogP contribution in [0.5, 0.6) is 0 Å². The summed E-state index contributed by atoms with van der Waals surface area (Å²) in [7, 11) is 4.05. The number of para-hydroxylation sites is 1. The number of aryl methyl sites for hydroxylation is 1. The van der Waals surface area contributed by atoms with Gasteiger partial charge in [-0.1, -0.05) is 18.2 Å². The van der Waals surface area contributed by atoms with Gasteiger partial charge >= 0.3 is 0 Å². The first-order valence-electron chi connectivity index (χ1n) is 8.76. The molecule has 1 N–H and O–H groups in total. The third-order valence-electron chi connectivity index (χ3n) is 4.29. The quantitative estimate of drug-likeness (QED) is 0.818. The highest BCUT2D eigenvalue weighted by Gasteiger charge is 2.20. The van der Waals surface area contributed by atoms with E-state index in [1.54, 1.807) is 12.3 Å². The number of hydrogen-bond acceptors (Lipinski definition) is 5. The first-order valence-corrected chi connectivity index (χ1v) is 8.76. The molecule has 0 aliphatic carbocycles. The molecular formula is C19H25N5O. The average Bonchev–Trinajstić information content (AvgIpc) is 2.64. The molecule has 1 aromatic carbocycles. The Balaban J connectivity index is 1.71. The lowest BCUT2D eigenvalue weighted by atomic mass is 10.0. The molecule has 1 aliphatic rings. The Morgan fingerprint density at radius 2 is 2.12 bits per heavy atom. The predicted molar refractivity (Wildman–Crippen MR) is 99.3 cm³/mol. The number of anilines is 2. The number of carbonyl (C=O) groups excluding carboxylic acids is 1. The molecule has 25 heavy (non-hydrogen) atoms. The van der Waals surface area contributed by atoms with Crippen molar-refractivity contribution in [3.8, 4) is 0 Å². The van der Waals surface area contributed by atoms with Crippen LogP contribution in [0, 0.1) is 0 Å². The topological polar surface area (TPSA) is 61.4 Å². The SMILES string of the molecule is CN(C)CCCNC(=O)c1ccnc(N2CCCc3ccccc32)n1. The lowest BCUT2D eigenvalue weighted by Crippen LogP contribution is -2.30. The molecule has 0 saturated carbocycles. The van der Waals surface area contributed by atoms with Crippen molar-refractivity contribution in [1.82, 2.24) is 20.2 Å². The highest BCUT2D eigenvalue weighted by atomic mass is 16.1. The summed E-state index contributed by atoms with van der Waals surface area (Å²) in [5, 5.41) is 2.93. The number of fused-ring (bicyclic) bond motifs is 1. The van der Waals surface area contributed by atoms with Gasteiger partial charge < -0.3 is 15.1 Å². The number of amides is 1. The van der Waals surface area contributed by atoms with E-state index in [9.17, 15) is 4.79 Å². The van der Waals surface area contributed by atoms with Crippen molar-refractivity contribution in [2.24, 2.45) is 0 Å². The van der Waals surface area contributed by atoms with Crippen LogP contribution in [-0.2, 0) is 6.42 Å². The zero-order valence-electron chi connectivity index (χ0n) is 14.9. The van der Waals surface area contributed by atoms with Gasteiger partial charge in [0, 0.05) is 25.0 Å². The second-order valence-electron chi connectivity index (χ2n) is 6.54. The molecule has 1 aromatic heterocycles. The standard InChI is InChI=1S/C19H25N5O/c1-23(2)13-6-11-20-18(25)16-10-12-21-19(22-16)24-14-5-8-15-7-3-4-9-17(15)24/h3-4,7,9-10,12H,5-6,8,11,13-14H2,1-2H3,(H,20,25). The predicted octanol–water partition coefficient (Wildman–Crippen LogP) is 2.24. The lowest BCUT2D eigenvalue weighted by molar-refractivity contribution is 0.0947. The van der Waals surface area contributed by atoms with Gasteiger partial charge in [-0.3, -0.25) is 4.79 Å². The van der Waals surface area contributed by atoms with E-state index in [-0.39, 0.29) is 5.91 Å². The third kappa shape index (κ3) is 4.33. The minimum absolute atomic E-state index is 0.146. The highest BCUT2D eigenvalue weighted by Crippen LogP contribution is 2.31. The minimum atomic E-state index is -0.146. The number of hydrogen-bond donors (Lipinski definition) is 1. The molecule has 2 aromatic rings. The number of benzene rings is 1. The van der Waals surface area contributed by atoms with E-state index in [0.717, 1.165) is 38.0 Å². The summed E-state index contributed by atoms with van der Waals surface area (Å²) in [6, 6.07) is 9.98. The Kier molecular flexibility index (Phi) is 5.60. The molecule has 0 atom stereocenters. The van der Waals surface area contributed by atoms with Crippen molar-refractivity contribution in [1.29, 1.82) is 0 Å².